The molecule has 15 heteroatoms. The largest absolute Gasteiger partial charge is 0.417 e. The third-order valence-corrected chi connectivity index (χ3v) is 7.22. The molecule has 2 N–H and O–H groups in total. The molecule has 0 bridgehead atoms. The number of aromatic nitrogens is 5. The van der Waals surface area contributed by atoms with Crippen molar-refractivity contribution in [2.24, 2.45) is 4.99 Å². The van der Waals surface area contributed by atoms with Crippen LogP contribution in [-0.2, 0) is 15.7 Å². The number of carbonyl (C=O) groups is 1. The normalized spacial score (nSPS) is 16.9. The van der Waals surface area contributed by atoms with Gasteiger partial charge in [0.25, 0.3) is 11.8 Å². The lowest BCUT2D eigenvalue weighted by molar-refractivity contribution is -0.137. The van der Waals surface area contributed by atoms with Gasteiger partial charge in [0.15, 0.2) is 11.6 Å². The number of fused-ring (bicyclic) bond motifs is 1. The zero-order valence-corrected chi connectivity index (χ0v) is 23.4. The fourth-order valence-electron chi connectivity index (χ4n) is 5.02. The predicted molar refractivity (Wildman–Crippen MR) is 157 cm³/mol. The summed E-state index contributed by atoms with van der Waals surface area (Å²) in [6.07, 6.45) is -3.33. The number of nitrogens with zero attached hydrogens (tertiary/aromatic N) is 7. The smallest absolute Gasteiger partial charge is 0.403 e. The summed E-state index contributed by atoms with van der Waals surface area (Å²) >= 11 is 0. The molecule has 0 unspecified atom stereocenters. The fraction of sp³-hybridized carbons (Fsp3) is 0.200. The number of nitrogens with one attached hydrogen (secondary N) is 2. The van der Waals surface area contributed by atoms with Crippen molar-refractivity contribution in [3.63, 3.8) is 0 Å². The highest BCUT2D eigenvalue weighted by molar-refractivity contribution is 6.19. The molecule has 5 heterocycles. The topological polar surface area (TPSA) is 136 Å². The standard InChI is InChI=1S/C30H24F3N9O3/c31-30(32,33)19-10-11-23(34-16-19)42-17-21(26(40-42)41-12-14-44-15-13-41)28-38-39-29(45-28)37-25-27(43)35-22-9-5-4-8-20(22)24(36-25)18-6-2-1-3-7-18/h1-11,16-17,25H,12-15H2,(H,35,43)(H,37,39)/t25-/m1/s1. The number of ether oxygens (including phenoxy) is 1. The van der Waals surface area contributed by atoms with Gasteiger partial charge < -0.3 is 24.7 Å². The van der Waals surface area contributed by atoms with E-state index >= 15 is 0 Å². The molecular weight excluding hydrogens is 591 g/mol. The molecule has 0 aliphatic carbocycles. The molecule has 0 radical (unpaired) electrons. The second kappa shape index (κ2) is 11.5. The Labute approximate surface area is 253 Å². The first-order valence-electron chi connectivity index (χ1n) is 13.9. The van der Waals surface area contributed by atoms with Crippen molar-refractivity contribution in [2.75, 3.05) is 41.8 Å². The number of para-hydroxylation sites is 1. The van der Waals surface area contributed by atoms with Gasteiger partial charge in [-0.1, -0.05) is 53.6 Å². The number of alkyl halides is 3. The minimum atomic E-state index is -4.52. The Morgan fingerprint density at radius 2 is 1.71 bits per heavy atom. The van der Waals surface area contributed by atoms with Gasteiger partial charge in [0.05, 0.1) is 30.2 Å². The number of morpholine rings is 1. The number of carbonyl (C=O) groups excluding carboxylic acids is 1. The third kappa shape index (κ3) is 5.72. The van der Waals surface area contributed by atoms with E-state index in [9.17, 15) is 18.0 Å². The van der Waals surface area contributed by atoms with E-state index in [4.69, 9.17) is 14.1 Å². The molecule has 1 fully saturated rings. The molecule has 228 valence electrons. The van der Waals surface area contributed by atoms with E-state index in [1.165, 1.54) is 10.7 Å². The molecule has 1 amide bonds. The van der Waals surface area contributed by atoms with E-state index in [1.54, 1.807) is 12.3 Å². The monoisotopic (exact) mass is 615 g/mol. The molecule has 1 saturated heterocycles. The summed E-state index contributed by atoms with van der Waals surface area (Å²) in [6, 6.07) is 19.0. The van der Waals surface area contributed by atoms with Crippen LogP contribution in [0.4, 0.5) is 30.7 Å². The van der Waals surface area contributed by atoms with Crippen molar-refractivity contribution < 1.29 is 27.1 Å². The minimum Gasteiger partial charge on any atom is -0.403 e. The highest BCUT2D eigenvalue weighted by atomic mass is 19.4. The van der Waals surface area contributed by atoms with Gasteiger partial charge in [0.2, 0.25) is 6.17 Å². The van der Waals surface area contributed by atoms with Crippen LogP contribution in [0.25, 0.3) is 17.3 Å². The number of hydrogen-bond donors (Lipinski definition) is 2. The lowest BCUT2D eigenvalue weighted by atomic mass is 10.0. The SMILES string of the molecule is O=C1Nc2ccccc2C(c2ccccc2)=N[C@@H]1Nc1nnc(-c2cn(-c3ccc(C(F)(F)F)cn3)nc2N2CCOCC2)o1. The fourth-order valence-corrected chi connectivity index (χ4v) is 5.02. The average Bonchev–Trinajstić information content (AvgIpc) is 3.68. The molecule has 5 aromatic rings. The Hall–Kier alpha value is -5.57. The molecule has 2 aromatic carbocycles. The molecule has 2 aliphatic rings. The van der Waals surface area contributed by atoms with Crippen molar-refractivity contribution in [1.29, 1.82) is 0 Å². The number of rotatable bonds is 6. The van der Waals surface area contributed by atoms with Crippen LogP contribution in [-0.4, -0.2) is 69.0 Å². The zero-order chi connectivity index (χ0) is 31.0. The third-order valence-electron chi connectivity index (χ3n) is 7.22. The van der Waals surface area contributed by atoms with Crippen molar-refractivity contribution in [2.45, 2.75) is 12.3 Å². The van der Waals surface area contributed by atoms with Crippen molar-refractivity contribution in [3.8, 4) is 17.3 Å². The van der Waals surface area contributed by atoms with Crippen LogP contribution >= 0.6 is 0 Å². The van der Waals surface area contributed by atoms with Crippen molar-refractivity contribution in [3.05, 3.63) is 95.8 Å². The van der Waals surface area contributed by atoms with Crippen LogP contribution in [0.15, 0.2) is 88.5 Å². The molecule has 7 rings (SSSR count). The van der Waals surface area contributed by atoms with Crippen molar-refractivity contribution in [1.82, 2.24) is 25.0 Å². The summed E-state index contributed by atoms with van der Waals surface area (Å²) < 4.78 is 52.1. The molecule has 2 aliphatic heterocycles. The number of aliphatic imine (C=N–C) groups is 1. The quantitative estimate of drug-likeness (QED) is 0.285. The Kier molecular flexibility index (Phi) is 7.21. The zero-order valence-electron chi connectivity index (χ0n) is 23.4. The average molecular weight is 616 g/mol. The van der Waals surface area contributed by atoms with Gasteiger partial charge in [-0.15, -0.1) is 10.2 Å². The van der Waals surface area contributed by atoms with Crippen LogP contribution < -0.4 is 15.5 Å². The lowest BCUT2D eigenvalue weighted by Gasteiger charge is -2.27. The lowest BCUT2D eigenvalue weighted by Crippen LogP contribution is -2.36. The number of pyridine rings is 1. The molecule has 0 saturated carbocycles. The van der Waals surface area contributed by atoms with Gasteiger partial charge in [-0.3, -0.25) is 4.79 Å². The van der Waals surface area contributed by atoms with Crippen LogP contribution in [0.1, 0.15) is 16.7 Å². The molecule has 12 nitrogen and oxygen atoms in total. The van der Waals surface area contributed by atoms with Crippen LogP contribution in [0.3, 0.4) is 0 Å². The summed E-state index contributed by atoms with van der Waals surface area (Å²) in [7, 11) is 0. The molecule has 1 atom stereocenters. The second-order valence-electron chi connectivity index (χ2n) is 10.2. The maximum atomic E-state index is 13.3. The number of hydrogen-bond acceptors (Lipinski definition) is 10. The summed E-state index contributed by atoms with van der Waals surface area (Å²) in [5.41, 5.74) is 2.33. The predicted octanol–water partition coefficient (Wildman–Crippen LogP) is 4.40. The van der Waals surface area contributed by atoms with Gasteiger partial charge in [0, 0.05) is 36.6 Å². The molecule has 3 aromatic heterocycles. The molecule has 45 heavy (non-hydrogen) atoms. The molecule has 0 spiro atoms. The number of benzene rings is 2. The Morgan fingerprint density at radius 3 is 2.47 bits per heavy atom. The van der Waals surface area contributed by atoms with Gasteiger partial charge >= 0.3 is 12.2 Å². The molecular formula is C30H24F3N9O3. The highest BCUT2D eigenvalue weighted by Crippen LogP contribution is 2.33. The van der Waals surface area contributed by atoms with Gasteiger partial charge in [-0.25, -0.2) is 14.7 Å². The Balaban J connectivity index is 1.21. The van der Waals surface area contributed by atoms with E-state index in [-0.39, 0.29) is 17.7 Å². The maximum Gasteiger partial charge on any atom is 0.417 e. The maximum absolute atomic E-state index is 13.3. The van der Waals surface area contributed by atoms with E-state index in [0.717, 1.165) is 23.4 Å². The van der Waals surface area contributed by atoms with E-state index in [1.807, 2.05) is 53.4 Å². The number of halogens is 3. The van der Waals surface area contributed by atoms with Gasteiger partial charge in [0.1, 0.15) is 5.56 Å². The first-order valence-corrected chi connectivity index (χ1v) is 13.9. The Bertz CT molecular complexity index is 1860. The number of benzodiazepines with no additional fused rings is 1. The minimum absolute atomic E-state index is 0.0689. The van der Waals surface area contributed by atoms with E-state index in [0.29, 0.717) is 49.1 Å². The van der Waals surface area contributed by atoms with Crippen LogP contribution in [0.5, 0.6) is 0 Å². The summed E-state index contributed by atoms with van der Waals surface area (Å²) in [5.74, 6) is 0.270. The van der Waals surface area contributed by atoms with Gasteiger partial charge in [-0.05, 0) is 18.2 Å². The number of amides is 1. The van der Waals surface area contributed by atoms with Crippen molar-refractivity contribution >= 4 is 29.1 Å². The summed E-state index contributed by atoms with van der Waals surface area (Å²) in [4.78, 5) is 23.9. The highest BCUT2D eigenvalue weighted by Gasteiger charge is 2.32. The second-order valence-corrected chi connectivity index (χ2v) is 10.2. The first kappa shape index (κ1) is 28.2. The number of anilines is 3. The van der Waals surface area contributed by atoms with Gasteiger partial charge in [-0.2, -0.15) is 13.2 Å². The summed E-state index contributed by atoms with van der Waals surface area (Å²) in [6.45, 7) is 1.96. The summed E-state index contributed by atoms with van der Waals surface area (Å²) in [5, 5.41) is 18.7. The van der Waals surface area contributed by atoms with E-state index < -0.39 is 23.8 Å². The van der Waals surface area contributed by atoms with Crippen LogP contribution in [0, 0.1) is 0 Å². The first-order chi connectivity index (χ1) is 21.8. The Morgan fingerprint density at radius 1 is 0.933 bits per heavy atom. The van der Waals surface area contributed by atoms with Crippen LogP contribution in [0.2, 0.25) is 0 Å². The van der Waals surface area contributed by atoms with E-state index in [2.05, 4.69) is 30.9 Å².